The van der Waals surface area contributed by atoms with Crippen molar-refractivity contribution < 1.29 is 37.1 Å². The summed E-state index contributed by atoms with van der Waals surface area (Å²) in [6.45, 7) is 0.500. The van der Waals surface area contributed by atoms with E-state index in [0.717, 1.165) is 0 Å². The summed E-state index contributed by atoms with van der Waals surface area (Å²) in [4.78, 5) is 8.24. The van der Waals surface area contributed by atoms with Gasteiger partial charge in [-0.3, -0.25) is 0 Å². The number of hydrogen-bond donors (Lipinski definition) is 1. The van der Waals surface area contributed by atoms with Crippen LogP contribution in [0, 0.1) is 0 Å². The standard InChI is InChI=1S/CHO2.H2O.Ti/c2-1-3;;/h(H,2,3);1H2;/q-1;;. The topological polar surface area (TPSA) is 68.8 Å². The molecule has 3 N–H and O–H groups in total. The summed E-state index contributed by atoms with van der Waals surface area (Å²) in [5, 5.41) is 6.76. The number of rotatable bonds is 0. The van der Waals surface area contributed by atoms with Gasteiger partial charge < -0.3 is 15.4 Å². The van der Waals surface area contributed by atoms with Crippen molar-refractivity contribution in [3.63, 3.8) is 0 Å². The van der Waals surface area contributed by atoms with Crippen molar-refractivity contribution >= 4 is 6.47 Å². The Kier molecular flexibility index (Phi) is 120. The van der Waals surface area contributed by atoms with E-state index in [9.17, 15) is 0 Å². The molecular weight excluding hydrogens is 108 g/mol. The Hall–Kier alpha value is 0.144. The third-order valence-corrected chi connectivity index (χ3v) is 0. The number of hydrogen-bond acceptors (Lipinski definition) is 1. The molecule has 0 aliphatic heterocycles. The van der Waals surface area contributed by atoms with Crippen molar-refractivity contribution in [1.29, 1.82) is 0 Å². The molecule has 0 heterocycles. The monoisotopic (exact) mass is 111 g/mol. The van der Waals surface area contributed by atoms with E-state index in [1.54, 1.807) is 0 Å². The fourth-order valence-corrected chi connectivity index (χ4v) is 0. The minimum absolute atomic E-state index is 0. The normalized spacial score (nSPS) is 2.40. The Balaban J connectivity index is -0.0000000200. The van der Waals surface area contributed by atoms with E-state index >= 15 is 0 Å². The van der Waals surface area contributed by atoms with Crippen LogP contribution in [0.4, 0.5) is 0 Å². The Morgan fingerprint density at radius 2 is 1.60 bits per heavy atom. The second-order valence-electron chi connectivity index (χ2n) is 0.0913. The average Bonchev–Trinajstić information content (AvgIpc) is 0.918. The van der Waals surface area contributed by atoms with Gasteiger partial charge >= 0.3 is 0 Å². The zero-order valence-corrected chi connectivity index (χ0v) is 3.92. The molecule has 0 aromatic rings. The van der Waals surface area contributed by atoms with Gasteiger partial charge in [0.15, 0.2) is 0 Å². The van der Waals surface area contributed by atoms with Gasteiger partial charge in [0.05, 0.1) is 0 Å². The molecule has 4 heteroatoms. The fraction of sp³-hybridized carbons (Fsp3) is 0. The smallest absolute Gasteiger partial charge is 0 e. The third-order valence-electron chi connectivity index (χ3n) is 0. The molecule has 0 saturated carbocycles. The van der Waals surface area contributed by atoms with E-state index in [4.69, 9.17) is 9.90 Å². The molecule has 0 aliphatic carbocycles. The quantitative estimate of drug-likeness (QED) is 0.314. The molecule has 5 heavy (non-hydrogen) atoms. The molecule has 0 saturated heterocycles. The summed E-state index contributed by atoms with van der Waals surface area (Å²) < 4.78 is 0. The van der Waals surface area contributed by atoms with Gasteiger partial charge in [-0.05, 0) is 0 Å². The predicted octanol–water partition coefficient (Wildman–Crippen LogP) is -1.22. The molecule has 0 unspecified atom stereocenters. The summed E-state index contributed by atoms with van der Waals surface area (Å²) >= 11 is 0. The van der Waals surface area contributed by atoms with E-state index < -0.39 is 0 Å². The van der Waals surface area contributed by atoms with E-state index in [1.807, 2.05) is 0 Å². The molecule has 30 valence electrons. The Morgan fingerprint density at radius 1 is 1.60 bits per heavy atom. The van der Waals surface area contributed by atoms with E-state index in [2.05, 4.69) is 0 Å². The van der Waals surface area contributed by atoms with Crippen LogP contribution in [0.25, 0.3) is 0 Å². The molecule has 0 atom stereocenters. The molecule has 0 bridgehead atoms. The molecule has 0 aromatic carbocycles. The van der Waals surface area contributed by atoms with Gasteiger partial charge in [0.25, 0.3) is 0 Å². The zero-order valence-electron chi connectivity index (χ0n) is 2.36. The summed E-state index contributed by atoms with van der Waals surface area (Å²) in [7, 11) is 0. The van der Waals surface area contributed by atoms with E-state index in [1.165, 1.54) is 0 Å². The van der Waals surface area contributed by atoms with Crippen LogP contribution in [0.15, 0.2) is 0 Å². The Bertz CT molecular complexity index is 14.4. The first-order valence-corrected chi connectivity index (χ1v) is 0.428. The van der Waals surface area contributed by atoms with Gasteiger partial charge in [-0.1, -0.05) is 6.47 Å². The van der Waals surface area contributed by atoms with Gasteiger partial charge in [-0.25, -0.2) is 0 Å². The van der Waals surface area contributed by atoms with Crippen molar-refractivity contribution in [3.8, 4) is 0 Å². The van der Waals surface area contributed by atoms with Crippen LogP contribution >= 0.6 is 0 Å². The first kappa shape index (κ1) is 19.2. The first-order valence-electron chi connectivity index (χ1n) is 0.428. The minimum Gasteiger partial charge on any atom is -0.665 e. The third kappa shape index (κ3) is 915. The summed E-state index contributed by atoms with van der Waals surface area (Å²) in [6.07, 6.45) is 0. The van der Waals surface area contributed by atoms with Crippen LogP contribution in [-0.2, 0) is 26.5 Å². The molecule has 0 radical (unpaired) electrons. The fourth-order valence-electron chi connectivity index (χ4n) is 0. The van der Waals surface area contributed by atoms with Crippen LogP contribution in [0.1, 0.15) is 0 Å². The van der Waals surface area contributed by atoms with Crippen LogP contribution < -0.4 is 0 Å². The van der Waals surface area contributed by atoms with Crippen molar-refractivity contribution in [1.82, 2.24) is 0 Å². The molecule has 0 rings (SSSR count). The molecule has 0 amide bonds. The van der Waals surface area contributed by atoms with Crippen molar-refractivity contribution in [3.05, 3.63) is 0 Å². The van der Waals surface area contributed by atoms with Crippen molar-refractivity contribution in [2.45, 2.75) is 0 Å². The van der Waals surface area contributed by atoms with Crippen molar-refractivity contribution in [2.75, 3.05) is 0 Å². The number of aliphatic hydroxyl groups excluding tert-OH is 1. The van der Waals surface area contributed by atoms with Crippen LogP contribution in [0.3, 0.4) is 0 Å². The SMILES string of the molecule is O.O=[C-]O.[Ti]. The first-order chi connectivity index (χ1) is 1.41. The maximum atomic E-state index is 8.24. The zero-order chi connectivity index (χ0) is 2.71. The summed E-state index contributed by atoms with van der Waals surface area (Å²) in [6, 6.07) is 0. The van der Waals surface area contributed by atoms with Crippen molar-refractivity contribution in [2.24, 2.45) is 0 Å². The maximum absolute atomic E-state index is 8.24. The molecule has 0 aliphatic rings. The molecular formula is CH3O3Ti-. The van der Waals surface area contributed by atoms with E-state index in [-0.39, 0.29) is 27.2 Å². The van der Waals surface area contributed by atoms with Gasteiger partial charge in [0.2, 0.25) is 0 Å². The molecule has 0 aromatic heterocycles. The van der Waals surface area contributed by atoms with Gasteiger partial charge in [-0.15, -0.1) is 0 Å². The Labute approximate surface area is 44.2 Å². The van der Waals surface area contributed by atoms with E-state index in [0.29, 0.717) is 6.47 Å². The summed E-state index contributed by atoms with van der Waals surface area (Å²) in [5.41, 5.74) is 0. The molecule has 0 fully saturated rings. The van der Waals surface area contributed by atoms with Gasteiger partial charge in [-0.2, -0.15) is 0 Å². The van der Waals surface area contributed by atoms with Crippen LogP contribution in [0.5, 0.6) is 0 Å². The Morgan fingerprint density at radius 3 is 1.60 bits per heavy atom. The van der Waals surface area contributed by atoms with Gasteiger partial charge in [0, 0.05) is 21.7 Å². The largest absolute Gasteiger partial charge is 0.665 e. The van der Waals surface area contributed by atoms with Crippen LogP contribution in [-0.4, -0.2) is 17.1 Å². The van der Waals surface area contributed by atoms with Gasteiger partial charge in [0.1, 0.15) is 0 Å². The predicted molar refractivity (Wildman–Crippen MR) is 11.9 cm³/mol. The summed E-state index contributed by atoms with van der Waals surface area (Å²) in [5.74, 6) is 0. The van der Waals surface area contributed by atoms with Crippen LogP contribution in [0.2, 0.25) is 0 Å². The second-order valence-corrected chi connectivity index (χ2v) is 0.0913. The minimum atomic E-state index is 0. The maximum Gasteiger partial charge on any atom is 0 e. The molecule has 0 spiro atoms. The molecule has 3 nitrogen and oxygen atoms in total. The second kappa shape index (κ2) is 31.3. The average molecular weight is 111 g/mol.